The van der Waals surface area contributed by atoms with Crippen molar-refractivity contribution in [1.29, 1.82) is 0 Å². The Hall–Kier alpha value is -2.95. The van der Waals surface area contributed by atoms with Gasteiger partial charge in [0.15, 0.2) is 0 Å². The molecule has 3 aromatic carbocycles. The zero-order valence-electron chi connectivity index (χ0n) is 16.0. The molecule has 0 aliphatic heterocycles. The number of hydrogen-bond acceptors (Lipinski definition) is 2. The van der Waals surface area contributed by atoms with Crippen LogP contribution in [0.3, 0.4) is 0 Å². The van der Waals surface area contributed by atoms with Gasteiger partial charge in [-0.25, -0.2) is 0 Å². The maximum atomic E-state index is 11.0. The first-order valence-corrected chi connectivity index (χ1v) is 10.2. The number of rotatable bonds is 7. The molecule has 0 spiro atoms. The van der Waals surface area contributed by atoms with Crippen molar-refractivity contribution >= 4 is 40.1 Å². The zero-order chi connectivity index (χ0) is 21.1. The number of H-pyrrole nitrogens is 1. The SMILES string of the molecule is O=C(O)CCc1ccc(OCc2ccc(Cl)cc2Cl)c(-c2ccc3[nH]ccc3c2)c1. The summed E-state index contributed by atoms with van der Waals surface area (Å²) in [4.78, 5) is 14.2. The Kier molecular flexibility index (Phi) is 5.98. The van der Waals surface area contributed by atoms with Crippen molar-refractivity contribution in [3.05, 3.63) is 88.0 Å². The summed E-state index contributed by atoms with van der Waals surface area (Å²) >= 11 is 12.3. The average Bonchev–Trinajstić information content (AvgIpc) is 3.20. The van der Waals surface area contributed by atoms with Gasteiger partial charge in [-0.15, -0.1) is 0 Å². The predicted molar refractivity (Wildman–Crippen MR) is 120 cm³/mol. The van der Waals surface area contributed by atoms with Crippen molar-refractivity contribution in [2.45, 2.75) is 19.4 Å². The molecule has 4 rings (SSSR count). The summed E-state index contributed by atoms with van der Waals surface area (Å²) in [5.74, 6) is -0.113. The second-order valence-electron chi connectivity index (χ2n) is 7.03. The summed E-state index contributed by atoms with van der Waals surface area (Å²) in [5.41, 5.74) is 4.74. The normalized spacial score (nSPS) is 11.0. The number of fused-ring (bicyclic) bond motifs is 1. The van der Waals surface area contributed by atoms with Crippen LogP contribution < -0.4 is 4.74 Å². The van der Waals surface area contributed by atoms with Crippen LogP contribution >= 0.6 is 23.2 Å². The first kappa shape index (κ1) is 20.3. The number of benzene rings is 3. The number of aromatic amines is 1. The molecule has 2 N–H and O–H groups in total. The minimum Gasteiger partial charge on any atom is -0.488 e. The maximum Gasteiger partial charge on any atom is 0.303 e. The fourth-order valence-corrected chi connectivity index (χ4v) is 3.81. The van der Waals surface area contributed by atoms with Gasteiger partial charge in [0, 0.05) is 39.3 Å². The molecule has 4 aromatic rings. The number of aliphatic carboxylic acids is 1. The topological polar surface area (TPSA) is 62.3 Å². The van der Waals surface area contributed by atoms with Crippen molar-refractivity contribution in [2.75, 3.05) is 0 Å². The number of halogens is 2. The van der Waals surface area contributed by atoms with Gasteiger partial charge in [0.2, 0.25) is 0 Å². The molecule has 1 heterocycles. The van der Waals surface area contributed by atoms with Crippen LogP contribution in [-0.2, 0) is 17.8 Å². The summed E-state index contributed by atoms with van der Waals surface area (Å²) < 4.78 is 6.12. The van der Waals surface area contributed by atoms with Crippen LogP contribution in [0.5, 0.6) is 5.75 Å². The number of aromatic nitrogens is 1. The third kappa shape index (κ3) is 4.61. The van der Waals surface area contributed by atoms with Crippen molar-refractivity contribution in [3.8, 4) is 16.9 Å². The molecular weight excluding hydrogens is 421 g/mol. The minimum absolute atomic E-state index is 0.0802. The Morgan fingerprint density at radius 1 is 1.00 bits per heavy atom. The van der Waals surface area contributed by atoms with Crippen LogP contribution in [0.15, 0.2) is 66.9 Å². The van der Waals surface area contributed by atoms with Gasteiger partial charge in [-0.1, -0.05) is 41.4 Å². The molecule has 0 unspecified atom stereocenters. The van der Waals surface area contributed by atoms with E-state index in [1.165, 1.54) is 0 Å². The molecule has 0 aliphatic carbocycles. The third-order valence-corrected chi connectivity index (χ3v) is 5.52. The van der Waals surface area contributed by atoms with E-state index >= 15 is 0 Å². The third-order valence-electron chi connectivity index (χ3n) is 4.93. The van der Waals surface area contributed by atoms with Crippen LogP contribution in [0.25, 0.3) is 22.0 Å². The van der Waals surface area contributed by atoms with Crippen LogP contribution in [0.4, 0.5) is 0 Å². The van der Waals surface area contributed by atoms with Gasteiger partial charge in [-0.05, 0) is 65.4 Å². The van der Waals surface area contributed by atoms with Crippen LogP contribution in [-0.4, -0.2) is 16.1 Å². The molecule has 0 fully saturated rings. The van der Waals surface area contributed by atoms with Crippen LogP contribution in [0, 0.1) is 0 Å². The Labute approximate surface area is 184 Å². The first-order valence-electron chi connectivity index (χ1n) is 9.48. The lowest BCUT2D eigenvalue weighted by Crippen LogP contribution is -2.00. The predicted octanol–water partition coefficient (Wildman–Crippen LogP) is 6.74. The van der Waals surface area contributed by atoms with E-state index in [0.29, 0.717) is 28.8 Å². The molecule has 0 saturated carbocycles. The molecule has 0 amide bonds. The number of carboxylic acids is 1. The number of aryl methyl sites for hydroxylation is 1. The Morgan fingerprint density at radius 2 is 1.87 bits per heavy atom. The van der Waals surface area contributed by atoms with E-state index in [0.717, 1.165) is 33.2 Å². The zero-order valence-corrected chi connectivity index (χ0v) is 17.5. The molecule has 0 bridgehead atoms. The van der Waals surface area contributed by atoms with Gasteiger partial charge in [-0.2, -0.15) is 0 Å². The number of ether oxygens (including phenoxy) is 1. The number of nitrogens with one attached hydrogen (secondary N) is 1. The highest BCUT2D eigenvalue weighted by atomic mass is 35.5. The van der Waals surface area contributed by atoms with Gasteiger partial charge in [-0.3, -0.25) is 4.79 Å². The van der Waals surface area contributed by atoms with Crippen molar-refractivity contribution < 1.29 is 14.6 Å². The minimum atomic E-state index is -0.817. The van der Waals surface area contributed by atoms with Gasteiger partial charge >= 0.3 is 5.97 Å². The molecule has 0 atom stereocenters. The lowest BCUT2D eigenvalue weighted by molar-refractivity contribution is -0.136. The van der Waals surface area contributed by atoms with Crippen molar-refractivity contribution in [3.63, 3.8) is 0 Å². The second kappa shape index (κ2) is 8.82. The number of carbonyl (C=O) groups is 1. The van der Waals surface area contributed by atoms with E-state index in [4.69, 9.17) is 33.0 Å². The molecule has 0 radical (unpaired) electrons. The molecule has 1 aromatic heterocycles. The summed E-state index contributed by atoms with van der Waals surface area (Å²) in [6.07, 6.45) is 2.44. The van der Waals surface area contributed by atoms with E-state index in [1.807, 2.05) is 48.7 Å². The second-order valence-corrected chi connectivity index (χ2v) is 7.87. The van der Waals surface area contributed by atoms with Crippen LogP contribution in [0.1, 0.15) is 17.5 Å². The molecule has 0 saturated heterocycles. The number of carboxylic acid groups (broad SMARTS) is 1. The fourth-order valence-electron chi connectivity index (χ4n) is 3.35. The van der Waals surface area contributed by atoms with Gasteiger partial charge in [0.05, 0.1) is 0 Å². The largest absolute Gasteiger partial charge is 0.488 e. The van der Waals surface area contributed by atoms with E-state index < -0.39 is 5.97 Å². The molecule has 152 valence electrons. The Bertz CT molecular complexity index is 1220. The highest BCUT2D eigenvalue weighted by Gasteiger charge is 2.12. The van der Waals surface area contributed by atoms with E-state index in [9.17, 15) is 4.79 Å². The molecule has 0 aliphatic rings. The average molecular weight is 440 g/mol. The fraction of sp³-hybridized carbons (Fsp3) is 0.125. The van der Waals surface area contributed by atoms with E-state index in [1.54, 1.807) is 12.1 Å². The quantitative estimate of drug-likeness (QED) is 0.335. The first-order chi connectivity index (χ1) is 14.5. The Morgan fingerprint density at radius 3 is 2.67 bits per heavy atom. The van der Waals surface area contributed by atoms with Crippen LogP contribution in [0.2, 0.25) is 10.0 Å². The van der Waals surface area contributed by atoms with E-state index in [-0.39, 0.29) is 6.42 Å². The Balaban J connectivity index is 1.68. The van der Waals surface area contributed by atoms with Gasteiger partial charge < -0.3 is 14.8 Å². The van der Waals surface area contributed by atoms with Gasteiger partial charge in [0.25, 0.3) is 0 Å². The number of hydrogen-bond donors (Lipinski definition) is 2. The lowest BCUT2D eigenvalue weighted by Gasteiger charge is -2.15. The van der Waals surface area contributed by atoms with Crippen molar-refractivity contribution in [1.82, 2.24) is 4.98 Å². The molecule has 6 heteroatoms. The van der Waals surface area contributed by atoms with Crippen molar-refractivity contribution in [2.24, 2.45) is 0 Å². The maximum absolute atomic E-state index is 11.0. The monoisotopic (exact) mass is 439 g/mol. The summed E-state index contributed by atoms with van der Waals surface area (Å²) in [5, 5.41) is 11.2. The highest BCUT2D eigenvalue weighted by molar-refractivity contribution is 6.35. The molecular formula is C24H19Cl2NO3. The molecule has 4 nitrogen and oxygen atoms in total. The van der Waals surface area contributed by atoms with E-state index in [2.05, 4.69) is 11.1 Å². The van der Waals surface area contributed by atoms with Gasteiger partial charge in [0.1, 0.15) is 12.4 Å². The summed E-state index contributed by atoms with van der Waals surface area (Å²) in [7, 11) is 0. The summed E-state index contributed by atoms with van der Waals surface area (Å²) in [6.45, 7) is 0.296. The summed E-state index contributed by atoms with van der Waals surface area (Å²) in [6, 6.07) is 19.3. The standard InChI is InChI=1S/C24H19Cl2NO3/c25-19-5-3-18(21(26)13-19)14-30-23-7-1-15(2-8-24(28)29)11-20(23)16-4-6-22-17(12-16)9-10-27-22/h1,3-7,9-13,27H,2,8,14H2,(H,28,29). The highest BCUT2D eigenvalue weighted by Crippen LogP contribution is 2.34. The molecule has 30 heavy (non-hydrogen) atoms. The lowest BCUT2D eigenvalue weighted by atomic mass is 9.99. The smallest absolute Gasteiger partial charge is 0.303 e.